The summed E-state index contributed by atoms with van der Waals surface area (Å²) in [7, 11) is 0. The molecule has 0 saturated carbocycles. The predicted molar refractivity (Wildman–Crippen MR) is 90.6 cm³/mol. The molecule has 3 rings (SSSR count). The van der Waals surface area contributed by atoms with Crippen molar-refractivity contribution in [1.29, 1.82) is 0 Å². The summed E-state index contributed by atoms with van der Waals surface area (Å²) in [4.78, 5) is 2.30. The number of hydrogen-bond acceptors (Lipinski definition) is 3. The molecule has 1 saturated heterocycles. The topological polar surface area (TPSA) is 35.5 Å². The number of hydrogen-bond donors (Lipinski definition) is 2. The molecule has 5 heteroatoms. The van der Waals surface area contributed by atoms with Gasteiger partial charge in [0.2, 0.25) is 0 Å². The van der Waals surface area contributed by atoms with Gasteiger partial charge in [-0.3, -0.25) is 4.90 Å². The zero-order valence-electron chi connectivity index (χ0n) is 13.5. The number of para-hydroxylation sites is 1. The summed E-state index contributed by atoms with van der Waals surface area (Å²) in [6, 6.07) is 12.1. The fraction of sp³-hybridized carbons (Fsp3) is 0.368. The van der Waals surface area contributed by atoms with Crippen LogP contribution in [0.4, 0.5) is 14.5 Å². The van der Waals surface area contributed by atoms with Crippen LogP contribution in [0.2, 0.25) is 0 Å². The molecule has 1 aliphatic heterocycles. The van der Waals surface area contributed by atoms with Gasteiger partial charge in [-0.1, -0.05) is 30.3 Å². The van der Waals surface area contributed by atoms with E-state index in [-0.39, 0.29) is 12.6 Å². The highest BCUT2D eigenvalue weighted by Gasteiger charge is 2.18. The molecule has 1 heterocycles. The maximum absolute atomic E-state index is 13.8. The first-order chi connectivity index (χ1) is 11.6. The monoisotopic (exact) mass is 332 g/mol. The molecule has 3 nitrogen and oxygen atoms in total. The van der Waals surface area contributed by atoms with E-state index in [2.05, 4.69) is 10.2 Å². The summed E-state index contributed by atoms with van der Waals surface area (Å²) in [6.07, 6.45) is 1.40. The van der Waals surface area contributed by atoms with Crippen LogP contribution in [0.3, 0.4) is 0 Å². The minimum absolute atomic E-state index is 0.189. The van der Waals surface area contributed by atoms with Crippen LogP contribution in [-0.2, 0) is 13.1 Å². The zero-order chi connectivity index (χ0) is 16.9. The molecule has 1 aliphatic rings. The zero-order valence-corrected chi connectivity index (χ0v) is 13.5. The van der Waals surface area contributed by atoms with Gasteiger partial charge in [-0.25, -0.2) is 8.78 Å². The first-order valence-corrected chi connectivity index (χ1v) is 8.28. The van der Waals surface area contributed by atoms with E-state index in [1.54, 1.807) is 6.07 Å². The maximum atomic E-state index is 13.8. The Hall–Kier alpha value is -1.98. The average Bonchev–Trinajstić information content (AvgIpc) is 2.59. The van der Waals surface area contributed by atoms with E-state index >= 15 is 0 Å². The van der Waals surface area contributed by atoms with E-state index in [0.717, 1.165) is 49.8 Å². The predicted octanol–water partition coefficient (Wildman–Crippen LogP) is 3.53. The number of aliphatic hydroxyl groups is 1. The molecule has 0 aromatic heterocycles. The normalized spacial score (nSPS) is 16.3. The first kappa shape index (κ1) is 16.9. The number of anilines is 1. The van der Waals surface area contributed by atoms with Crippen LogP contribution in [0.1, 0.15) is 24.0 Å². The minimum Gasteiger partial charge on any atom is -0.393 e. The van der Waals surface area contributed by atoms with Crippen molar-refractivity contribution in [2.24, 2.45) is 0 Å². The molecule has 128 valence electrons. The highest BCUT2D eigenvalue weighted by atomic mass is 19.2. The number of benzene rings is 2. The summed E-state index contributed by atoms with van der Waals surface area (Å²) < 4.78 is 27.1. The molecular weight excluding hydrogens is 310 g/mol. The van der Waals surface area contributed by atoms with Crippen LogP contribution in [-0.4, -0.2) is 29.2 Å². The molecule has 0 radical (unpaired) electrons. The Bertz CT molecular complexity index is 685. The van der Waals surface area contributed by atoms with Gasteiger partial charge in [0.25, 0.3) is 0 Å². The number of likely N-dealkylation sites (tertiary alicyclic amines) is 1. The van der Waals surface area contributed by atoms with Crippen molar-refractivity contribution in [2.45, 2.75) is 32.0 Å². The number of nitrogens with zero attached hydrogens (tertiary/aromatic N) is 1. The third-order valence-corrected chi connectivity index (χ3v) is 4.47. The minimum atomic E-state index is -0.825. The number of piperidine rings is 1. The lowest BCUT2D eigenvalue weighted by Crippen LogP contribution is -2.35. The quantitative estimate of drug-likeness (QED) is 0.879. The highest BCUT2D eigenvalue weighted by Crippen LogP contribution is 2.21. The van der Waals surface area contributed by atoms with E-state index < -0.39 is 11.6 Å². The molecule has 0 bridgehead atoms. The van der Waals surface area contributed by atoms with Crippen molar-refractivity contribution in [3.05, 3.63) is 65.2 Å². The number of aliphatic hydroxyl groups excluding tert-OH is 1. The number of nitrogens with one attached hydrogen (secondary N) is 1. The van der Waals surface area contributed by atoms with Crippen molar-refractivity contribution in [3.63, 3.8) is 0 Å². The maximum Gasteiger partial charge on any atom is 0.163 e. The van der Waals surface area contributed by atoms with Gasteiger partial charge < -0.3 is 10.4 Å². The van der Waals surface area contributed by atoms with E-state index in [9.17, 15) is 13.9 Å². The summed E-state index contributed by atoms with van der Waals surface area (Å²) in [5, 5.41) is 12.8. The largest absolute Gasteiger partial charge is 0.393 e. The van der Waals surface area contributed by atoms with Crippen LogP contribution < -0.4 is 5.32 Å². The molecule has 0 spiro atoms. The molecular formula is C19H22F2N2O. The molecule has 24 heavy (non-hydrogen) atoms. The van der Waals surface area contributed by atoms with Gasteiger partial charge in [-0.15, -0.1) is 0 Å². The molecule has 0 unspecified atom stereocenters. The van der Waals surface area contributed by atoms with Gasteiger partial charge in [-0.05, 0) is 30.5 Å². The van der Waals surface area contributed by atoms with Crippen molar-refractivity contribution in [2.75, 3.05) is 18.4 Å². The SMILES string of the molecule is OC1CCN(Cc2ccccc2NCc2cccc(F)c2F)CC1. The van der Waals surface area contributed by atoms with E-state index in [1.165, 1.54) is 6.07 Å². The molecule has 0 amide bonds. The second-order valence-corrected chi connectivity index (χ2v) is 6.23. The lowest BCUT2D eigenvalue weighted by atomic mass is 10.1. The standard InChI is InChI=1S/C19H22F2N2O/c20-17-6-3-5-14(19(17)21)12-22-18-7-2-1-4-15(18)13-23-10-8-16(24)9-11-23/h1-7,16,22,24H,8-13H2. The molecule has 0 atom stereocenters. The van der Waals surface area contributed by atoms with Crippen LogP contribution >= 0.6 is 0 Å². The smallest absolute Gasteiger partial charge is 0.163 e. The second-order valence-electron chi connectivity index (χ2n) is 6.23. The fourth-order valence-electron chi connectivity index (χ4n) is 3.02. The summed E-state index contributed by atoms with van der Waals surface area (Å²) >= 11 is 0. The van der Waals surface area contributed by atoms with Gasteiger partial charge in [0.15, 0.2) is 11.6 Å². The summed E-state index contributed by atoms with van der Waals surface area (Å²) in [5.41, 5.74) is 2.35. The highest BCUT2D eigenvalue weighted by molar-refractivity contribution is 5.51. The summed E-state index contributed by atoms with van der Waals surface area (Å²) in [5.74, 6) is -1.62. The molecule has 2 aromatic rings. The van der Waals surface area contributed by atoms with E-state index in [1.807, 2.05) is 24.3 Å². The average molecular weight is 332 g/mol. The Labute approximate surface area is 140 Å². The van der Waals surface area contributed by atoms with Crippen molar-refractivity contribution < 1.29 is 13.9 Å². The first-order valence-electron chi connectivity index (χ1n) is 8.28. The molecule has 0 aliphatic carbocycles. The van der Waals surface area contributed by atoms with Gasteiger partial charge >= 0.3 is 0 Å². The van der Waals surface area contributed by atoms with E-state index in [0.29, 0.717) is 5.56 Å². The third-order valence-electron chi connectivity index (χ3n) is 4.47. The van der Waals surface area contributed by atoms with Gasteiger partial charge in [0.1, 0.15) is 0 Å². The van der Waals surface area contributed by atoms with Crippen LogP contribution in [0, 0.1) is 11.6 Å². The molecule has 1 fully saturated rings. The lowest BCUT2D eigenvalue weighted by Gasteiger charge is -2.30. The van der Waals surface area contributed by atoms with Crippen LogP contribution in [0.15, 0.2) is 42.5 Å². The van der Waals surface area contributed by atoms with Crippen molar-refractivity contribution >= 4 is 5.69 Å². The Balaban J connectivity index is 1.67. The summed E-state index contributed by atoms with van der Waals surface area (Å²) in [6.45, 7) is 2.75. The van der Waals surface area contributed by atoms with Crippen molar-refractivity contribution in [3.8, 4) is 0 Å². The fourth-order valence-corrected chi connectivity index (χ4v) is 3.02. The van der Waals surface area contributed by atoms with Crippen LogP contribution in [0.25, 0.3) is 0 Å². The van der Waals surface area contributed by atoms with Crippen molar-refractivity contribution in [1.82, 2.24) is 4.90 Å². The Morgan fingerprint density at radius 3 is 2.50 bits per heavy atom. The third kappa shape index (κ3) is 4.10. The lowest BCUT2D eigenvalue weighted by molar-refractivity contribution is 0.0793. The number of halogens is 2. The number of rotatable bonds is 5. The Morgan fingerprint density at radius 1 is 1.00 bits per heavy atom. The van der Waals surface area contributed by atoms with Crippen LogP contribution in [0.5, 0.6) is 0 Å². The Morgan fingerprint density at radius 2 is 1.71 bits per heavy atom. The van der Waals surface area contributed by atoms with Gasteiger partial charge in [-0.2, -0.15) is 0 Å². The van der Waals surface area contributed by atoms with Gasteiger partial charge in [0, 0.05) is 37.4 Å². The van der Waals surface area contributed by atoms with Gasteiger partial charge in [0.05, 0.1) is 6.10 Å². The molecule has 2 N–H and O–H groups in total. The molecule has 2 aromatic carbocycles. The van der Waals surface area contributed by atoms with E-state index in [4.69, 9.17) is 0 Å². The second kappa shape index (κ2) is 7.73. The Kier molecular flexibility index (Phi) is 5.43.